The standard InChI is InChI=1S/C48H34N4O/c1-4-13-31(14-5-1)32-22-24-33(25-23-32)36-29-41(44-43(30-36)53-42-21-12-28-49-45(42)44)39-26-27-40(38-20-11-10-19-37(38)39)48-51-46(34-15-6-2-7-16-34)50-47(52-48)35-17-8-3-9-18-35/h1-30,46-47,50H,(H,51,52). The van der Waals surface area contributed by atoms with Crippen LogP contribution < -0.4 is 10.6 Å². The number of hydrogen-bond donors (Lipinski definition) is 2. The molecule has 2 N–H and O–H groups in total. The summed E-state index contributed by atoms with van der Waals surface area (Å²) in [6, 6.07) is 61.6. The highest BCUT2D eigenvalue weighted by Crippen LogP contribution is 2.42. The van der Waals surface area contributed by atoms with Crippen molar-refractivity contribution in [2.75, 3.05) is 0 Å². The molecule has 2 atom stereocenters. The zero-order valence-corrected chi connectivity index (χ0v) is 28.8. The maximum Gasteiger partial charge on any atom is 0.153 e. The Morgan fingerprint density at radius 2 is 1.08 bits per heavy atom. The van der Waals surface area contributed by atoms with E-state index >= 15 is 0 Å². The first-order valence-corrected chi connectivity index (χ1v) is 18.0. The van der Waals surface area contributed by atoms with Gasteiger partial charge in [0.05, 0.1) is 5.39 Å². The summed E-state index contributed by atoms with van der Waals surface area (Å²) in [5, 5.41) is 10.7. The Morgan fingerprint density at radius 1 is 0.472 bits per heavy atom. The summed E-state index contributed by atoms with van der Waals surface area (Å²) in [6.45, 7) is 0. The largest absolute Gasteiger partial charge is 0.454 e. The normalized spacial score (nSPS) is 15.7. The lowest BCUT2D eigenvalue weighted by molar-refractivity contribution is 0.409. The Hall–Kier alpha value is -6.82. The Morgan fingerprint density at radius 3 is 1.81 bits per heavy atom. The number of benzene rings is 7. The van der Waals surface area contributed by atoms with Gasteiger partial charge in [-0.3, -0.25) is 10.3 Å². The van der Waals surface area contributed by atoms with Crippen LogP contribution in [0.4, 0.5) is 0 Å². The van der Waals surface area contributed by atoms with Crippen molar-refractivity contribution < 1.29 is 4.42 Å². The molecule has 10 rings (SSSR count). The van der Waals surface area contributed by atoms with E-state index in [1.165, 1.54) is 11.1 Å². The fraction of sp³-hybridized carbons (Fsp3) is 0.0417. The van der Waals surface area contributed by atoms with E-state index < -0.39 is 0 Å². The van der Waals surface area contributed by atoms with Gasteiger partial charge in [-0.1, -0.05) is 152 Å². The Bertz CT molecular complexity index is 2770. The molecule has 5 nitrogen and oxygen atoms in total. The van der Waals surface area contributed by atoms with Crippen LogP contribution in [0.5, 0.6) is 0 Å². The van der Waals surface area contributed by atoms with Gasteiger partial charge in [0, 0.05) is 11.8 Å². The van der Waals surface area contributed by atoms with Crippen molar-refractivity contribution in [3.05, 3.63) is 199 Å². The van der Waals surface area contributed by atoms with E-state index in [4.69, 9.17) is 14.4 Å². The number of hydrogen-bond acceptors (Lipinski definition) is 5. The number of aromatic nitrogens is 1. The van der Waals surface area contributed by atoms with Crippen molar-refractivity contribution in [3.63, 3.8) is 0 Å². The topological polar surface area (TPSA) is 62.5 Å². The van der Waals surface area contributed by atoms with Crippen molar-refractivity contribution in [1.82, 2.24) is 15.6 Å². The number of nitrogens with zero attached hydrogens (tertiary/aromatic N) is 2. The summed E-state index contributed by atoms with van der Waals surface area (Å²) >= 11 is 0. The quantitative estimate of drug-likeness (QED) is 0.183. The lowest BCUT2D eigenvalue weighted by atomic mass is 9.90. The Kier molecular flexibility index (Phi) is 7.63. The number of pyridine rings is 1. The van der Waals surface area contributed by atoms with Crippen LogP contribution in [-0.4, -0.2) is 10.8 Å². The minimum absolute atomic E-state index is 0.125. The van der Waals surface area contributed by atoms with Crippen LogP contribution >= 0.6 is 0 Å². The first-order valence-electron chi connectivity index (χ1n) is 18.0. The summed E-state index contributed by atoms with van der Waals surface area (Å²) in [5.41, 5.74) is 12.5. The van der Waals surface area contributed by atoms with E-state index in [0.29, 0.717) is 0 Å². The molecular formula is C48H34N4O. The predicted octanol–water partition coefficient (Wildman–Crippen LogP) is 11.5. The Labute approximate surface area is 307 Å². The maximum atomic E-state index is 6.51. The lowest BCUT2D eigenvalue weighted by Crippen LogP contribution is -2.45. The van der Waals surface area contributed by atoms with Crippen LogP contribution in [0.3, 0.4) is 0 Å². The molecule has 3 heterocycles. The van der Waals surface area contributed by atoms with Crippen LogP contribution in [0.1, 0.15) is 29.0 Å². The van der Waals surface area contributed by atoms with Gasteiger partial charge in [0.15, 0.2) is 5.58 Å². The average Bonchev–Trinajstić information content (AvgIpc) is 3.63. The second kappa shape index (κ2) is 13.1. The molecule has 0 spiro atoms. The van der Waals surface area contributed by atoms with Crippen molar-refractivity contribution in [2.24, 2.45) is 4.99 Å². The molecule has 53 heavy (non-hydrogen) atoms. The van der Waals surface area contributed by atoms with Gasteiger partial charge in [0.1, 0.15) is 29.3 Å². The minimum Gasteiger partial charge on any atom is -0.454 e. The van der Waals surface area contributed by atoms with E-state index in [1.807, 2.05) is 36.5 Å². The second-order valence-electron chi connectivity index (χ2n) is 13.4. The van der Waals surface area contributed by atoms with Gasteiger partial charge < -0.3 is 9.73 Å². The molecule has 252 valence electrons. The lowest BCUT2D eigenvalue weighted by Gasteiger charge is -2.32. The highest BCUT2D eigenvalue weighted by molar-refractivity contribution is 6.18. The van der Waals surface area contributed by atoms with Gasteiger partial charge in [-0.05, 0) is 79.5 Å². The summed E-state index contributed by atoms with van der Waals surface area (Å²) in [7, 11) is 0. The molecule has 1 aliphatic rings. The van der Waals surface area contributed by atoms with Crippen LogP contribution in [0.15, 0.2) is 192 Å². The van der Waals surface area contributed by atoms with Crippen molar-refractivity contribution in [3.8, 4) is 33.4 Å². The number of furan rings is 1. The minimum atomic E-state index is -0.218. The molecule has 0 saturated heterocycles. The molecule has 0 saturated carbocycles. The summed E-state index contributed by atoms with van der Waals surface area (Å²) < 4.78 is 6.51. The Balaban J connectivity index is 1.14. The van der Waals surface area contributed by atoms with E-state index in [1.54, 1.807) is 0 Å². The third-order valence-corrected chi connectivity index (χ3v) is 10.2. The predicted molar refractivity (Wildman–Crippen MR) is 217 cm³/mol. The molecule has 0 amide bonds. The van der Waals surface area contributed by atoms with Gasteiger partial charge in [-0.15, -0.1) is 0 Å². The molecule has 5 heteroatoms. The third-order valence-electron chi connectivity index (χ3n) is 10.2. The van der Waals surface area contributed by atoms with Gasteiger partial charge in [-0.25, -0.2) is 4.99 Å². The van der Waals surface area contributed by atoms with E-state index in [0.717, 1.165) is 77.6 Å². The van der Waals surface area contributed by atoms with Gasteiger partial charge in [0.25, 0.3) is 0 Å². The first kappa shape index (κ1) is 31.0. The van der Waals surface area contributed by atoms with Crippen LogP contribution in [-0.2, 0) is 0 Å². The molecular weight excluding hydrogens is 649 g/mol. The number of nitrogens with one attached hydrogen (secondary N) is 2. The molecule has 2 aromatic heterocycles. The smallest absolute Gasteiger partial charge is 0.153 e. The van der Waals surface area contributed by atoms with Crippen molar-refractivity contribution in [1.29, 1.82) is 0 Å². The number of amidine groups is 1. The van der Waals surface area contributed by atoms with Gasteiger partial charge in [0.2, 0.25) is 0 Å². The SMILES string of the molecule is c1ccc(-c2ccc(-c3cc(-c4ccc(C5=NC(c6ccccc6)NC(c6ccccc6)N5)c5ccccc45)c4c(c3)oc3cccnc34)cc2)cc1. The van der Waals surface area contributed by atoms with E-state index in [9.17, 15) is 0 Å². The number of aliphatic imine (C=N–C) groups is 1. The van der Waals surface area contributed by atoms with Crippen LogP contribution in [0.2, 0.25) is 0 Å². The number of rotatable bonds is 6. The molecule has 2 unspecified atom stereocenters. The van der Waals surface area contributed by atoms with Gasteiger partial charge >= 0.3 is 0 Å². The van der Waals surface area contributed by atoms with Crippen LogP contribution in [0.25, 0.3) is 66.2 Å². The first-order chi connectivity index (χ1) is 26.3. The van der Waals surface area contributed by atoms with E-state index in [-0.39, 0.29) is 12.3 Å². The number of fused-ring (bicyclic) bond motifs is 4. The zero-order valence-electron chi connectivity index (χ0n) is 28.8. The summed E-state index contributed by atoms with van der Waals surface area (Å²) in [5.74, 6) is 0.849. The highest BCUT2D eigenvalue weighted by Gasteiger charge is 2.27. The maximum absolute atomic E-state index is 6.51. The summed E-state index contributed by atoms with van der Waals surface area (Å²) in [4.78, 5) is 10.1. The van der Waals surface area contributed by atoms with Crippen molar-refractivity contribution in [2.45, 2.75) is 12.3 Å². The molecule has 0 aliphatic carbocycles. The second-order valence-corrected chi connectivity index (χ2v) is 13.4. The summed E-state index contributed by atoms with van der Waals surface area (Å²) in [6.07, 6.45) is 1.50. The van der Waals surface area contributed by atoms with Crippen LogP contribution in [0, 0.1) is 0 Å². The molecule has 9 aromatic rings. The highest BCUT2D eigenvalue weighted by atomic mass is 16.3. The van der Waals surface area contributed by atoms with Crippen molar-refractivity contribution >= 4 is 38.7 Å². The molecule has 7 aromatic carbocycles. The van der Waals surface area contributed by atoms with E-state index in [2.05, 4.69) is 156 Å². The van der Waals surface area contributed by atoms with Gasteiger partial charge in [-0.2, -0.15) is 0 Å². The average molecular weight is 683 g/mol. The molecule has 1 aliphatic heterocycles. The fourth-order valence-electron chi connectivity index (χ4n) is 7.64. The fourth-order valence-corrected chi connectivity index (χ4v) is 7.64. The zero-order chi connectivity index (χ0) is 35.1. The molecule has 0 radical (unpaired) electrons. The molecule has 0 bridgehead atoms. The monoisotopic (exact) mass is 682 g/mol. The third kappa shape index (κ3) is 5.64. The molecule has 0 fully saturated rings.